The van der Waals surface area contributed by atoms with Gasteiger partial charge in [-0.2, -0.15) is 0 Å². The molecule has 2 nitrogen and oxygen atoms in total. The molecule has 1 heterocycles. The molecule has 13 heavy (non-hydrogen) atoms. The molecule has 0 spiro atoms. The molecule has 1 atom stereocenters. The number of nitrogens with one attached hydrogen (secondary N) is 1. The van der Waals surface area contributed by atoms with Crippen molar-refractivity contribution in [1.29, 1.82) is 0 Å². The summed E-state index contributed by atoms with van der Waals surface area (Å²) < 4.78 is 0. The summed E-state index contributed by atoms with van der Waals surface area (Å²) in [5, 5.41) is 3.44. The second-order valence-corrected chi connectivity index (χ2v) is 4.04. The summed E-state index contributed by atoms with van der Waals surface area (Å²) in [7, 11) is 0. The van der Waals surface area contributed by atoms with Crippen LogP contribution in [0.5, 0.6) is 0 Å². The second-order valence-electron chi connectivity index (χ2n) is 4.04. The Morgan fingerprint density at radius 3 is 2.92 bits per heavy atom. The van der Waals surface area contributed by atoms with E-state index in [2.05, 4.69) is 37.1 Å². The summed E-state index contributed by atoms with van der Waals surface area (Å²) in [5.41, 5.74) is 1.42. The first kappa shape index (κ1) is 10.7. The van der Waals surface area contributed by atoms with Crippen LogP contribution in [0.3, 0.4) is 0 Å². The minimum absolute atomic E-state index is 0.740. The van der Waals surface area contributed by atoms with Crippen molar-refractivity contribution in [3.8, 4) is 0 Å². The van der Waals surface area contributed by atoms with Crippen LogP contribution < -0.4 is 5.32 Å². The van der Waals surface area contributed by atoms with Crippen LogP contribution >= 0.6 is 0 Å². The molecule has 1 aliphatic heterocycles. The van der Waals surface area contributed by atoms with Crippen molar-refractivity contribution in [3.63, 3.8) is 0 Å². The smallest absolute Gasteiger partial charge is 0.0221 e. The monoisotopic (exact) mass is 182 g/mol. The lowest BCUT2D eigenvalue weighted by Crippen LogP contribution is -2.50. The minimum atomic E-state index is 0.740. The fourth-order valence-electron chi connectivity index (χ4n) is 1.75. The molecule has 1 fully saturated rings. The van der Waals surface area contributed by atoms with Gasteiger partial charge in [0, 0.05) is 32.2 Å². The summed E-state index contributed by atoms with van der Waals surface area (Å²) in [5.74, 6) is 0. The number of allylic oxidation sites excluding steroid dienone is 1. The van der Waals surface area contributed by atoms with Gasteiger partial charge in [-0.3, -0.25) is 4.90 Å². The molecule has 1 rings (SSSR count). The van der Waals surface area contributed by atoms with Crippen LogP contribution in [0.2, 0.25) is 0 Å². The summed E-state index contributed by atoms with van der Waals surface area (Å²) in [4.78, 5) is 2.57. The molecule has 0 bridgehead atoms. The minimum Gasteiger partial charge on any atom is -0.314 e. The zero-order chi connectivity index (χ0) is 9.68. The molecule has 0 radical (unpaired) electrons. The lowest BCUT2D eigenvalue weighted by molar-refractivity contribution is 0.174. The molecule has 0 aliphatic carbocycles. The Kier molecular flexibility index (Phi) is 4.46. The van der Waals surface area contributed by atoms with Crippen LogP contribution in [0.15, 0.2) is 11.6 Å². The summed E-state index contributed by atoms with van der Waals surface area (Å²) in [6.07, 6.45) is 3.58. The van der Waals surface area contributed by atoms with Crippen LogP contribution in [0.4, 0.5) is 0 Å². The highest BCUT2D eigenvalue weighted by molar-refractivity contribution is 4.96. The maximum atomic E-state index is 3.44. The van der Waals surface area contributed by atoms with E-state index in [1.807, 2.05) is 0 Å². The molecule has 0 aromatic rings. The molecule has 0 aromatic carbocycles. The van der Waals surface area contributed by atoms with Crippen LogP contribution in [0, 0.1) is 0 Å². The van der Waals surface area contributed by atoms with E-state index in [0.29, 0.717) is 0 Å². The third-order valence-electron chi connectivity index (χ3n) is 2.68. The number of hydrogen-bond donors (Lipinski definition) is 1. The van der Waals surface area contributed by atoms with Gasteiger partial charge >= 0.3 is 0 Å². The molecular formula is C11H22N2. The highest BCUT2D eigenvalue weighted by Crippen LogP contribution is 2.07. The highest BCUT2D eigenvalue weighted by Gasteiger charge is 2.18. The van der Waals surface area contributed by atoms with E-state index in [1.54, 1.807) is 0 Å². The summed E-state index contributed by atoms with van der Waals surface area (Å²) in [6, 6.07) is 0.740. The molecule has 0 aromatic heterocycles. The van der Waals surface area contributed by atoms with Gasteiger partial charge in [0.05, 0.1) is 0 Å². The molecule has 76 valence electrons. The SMILES string of the molecule is CCC1CNCCN1CC=C(C)C. The quantitative estimate of drug-likeness (QED) is 0.667. The van der Waals surface area contributed by atoms with Crippen molar-refractivity contribution in [1.82, 2.24) is 10.2 Å². The lowest BCUT2D eigenvalue weighted by Gasteiger charge is -2.34. The fraction of sp³-hybridized carbons (Fsp3) is 0.818. The van der Waals surface area contributed by atoms with E-state index in [4.69, 9.17) is 0 Å². The Morgan fingerprint density at radius 1 is 1.54 bits per heavy atom. The number of piperazine rings is 1. The third kappa shape index (κ3) is 3.49. The van der Waals surface area contributed by atoms with Crippen molar-refractivity contribution in [3.05, 3.63) is 11.6 Å². The Labute approximate surface area is 82.0 Å². The van der Waals surface area contributed by atoms with Crippen molar-refractivity contribution >= 4 is 0 Å². The van der Waals surface area contributed by atoms with E-state index in [1.165, 1.54) is 18.5 Å². The average molecular weight is 182 g/mol. The topological polar surface area (TPSA) is 15.3 Å². The first-order valence-electron chi connectivity index (χ1n) is 5.32. The number of nitrogens with zero attached hydrogens (tertiary/aromatic N) is 1. The van der Waals surface area contributed by atoms with Gasteiger partial charge in [0.1, 0.15) is 0 Å². The van der Waals surface area contributed by atoms with Crippen LogP contribution in [0.1, 0.15) is 27.2 Å². The van der Waals surface area contributed by atoms with Gasteiger partial charge in [-0.1, -0.05) is 18.6 Å². The van der Waals surface area contributed by atoms with E-state index in [-0.39, 0.29) is 0 Å². The van der Waals surface area contributed by atoms with Crippen LogP contribution in [-0.4, -0.2) is 37.1 Å². The first-order chi connectivity index (χ1) is 6.24. The Balaban J connectivity index is 2.40. The Bertz CT molecular complexity index is 171. The molecule has 0 saturated carbocycles. The van der Waals surface area contributed by atoms with E-state index in [0.717, 1.165) is 25.7 Å². The highest BCUT2D eigenvalue weighted by atomic mass is 15.2. The first-order valence-corrected chi connectivity index (χ1v) is 5.32. The van der Waals surface area contributed by atoms with Crippen LogP contribution in [0.25, 0.3) is 0 Å². The van der Waals surface area contributed by atoms with Crippen molar-refractivity contribution in [2.45, 2.75) is 33.2 Å². The standard InChI is InChI=1S/C11H22N2/c1-4-11-9-12-6-8-13(11)7-5-10(2)3/h5,11-12H,4,6-9H2,1-3H3. The summed E-state index contributed by atoms with van der Waals surface area (Å²) in [6.45, 7) is 11.2. The van der Waals surface area contributed by atoms with Crippen molar-refractivity contribution < 1.29 is 0 Å². The largest absolute Gasteiger partial charge is 0.314 e. The van der Waals surface area contributed by atoms with Gasteiger partial charge in [0.15, 0.2) is 0 Å². The molecule has 1 unspecified atom stereocenters. The van der Waals surface area contributed by atoms with Gasteiger partial charge < -0.3 is 5.32 Å². The van der Waals surface area contributed by atoms with Gasteiger partial charge in [-0.05, 0) is 20.3 Å². The average Bonchev–Trinajstić information content (AvgIpc) is 2.15. The van der Waals surface area contributed by atoms with E-state index >= 15 is 0 Å². The normalized spacial score (nSPS) is 24.4. The zero-order valence-corrected chi connectivity index (χ0v) is 9.14. The van der Waals surface area contributed by atoms with Gasteiger partial charge in [0.2, 0.25) is 0 Å². The molecule has 1 N–H and O–H groups in total. The van der Waals surface area contributed by atoms with E-state index < -0.39 is 0 Å². The number of hydrogen-bond acceptors (Lipinski definition) is 2. The molecule has 0 amide bonds. The molecular weight excluding hydrogens is 160 g/mol. The maximum absolute atomic E-state index is 3.44. The fourth-order valence-corrected chi connectivity index (χ4v) is 1.75. The Hall–Kier alpha value is -0.340. The van der Waals surface area contributed by atoms with Gasteiger partial charge in [0.25, 0.3) is 0 Å². The zero-order valence-electron chi connectivity index (χ0n) is 9.14. The molecule has 2 heteroatoms. The van der Waals surface area contributed by atoms with Crippen molar-refractivity contribution in [2.75, 3.05) is 26.2 Å². The lowest BCUT2D eigenvalue weighted by atomic mass is 10.1. The van der Waals surface area contributed by atoms with Gasteiger partial charge in [-0.15, -0.1) is 0 Å². The second kappa shape index (κ2) is 5.40. The maximum Gasteiger partial charge on any atom is 0.0221 e. The van der Waals surface area contributed by atoms with Crippen LogP contribution in [-0.2, 0) is 0 Å². The summed E-state index contributed by atoms with van der Waals surface area (Å²) >= 11 is 0. The number of rotatable bonds is 3. The van der Waals surface area contributed by atoms with E-state index in [9.17, 15) is 0 Å². The van der Waals surface area contributed by atoms with Crippen molar-refractivity contribution in [2.24, 2.45) is 0 Å². The predicted octanol–water partition coefficient (Wildman–Crippen LogP) is 1.64. The third-order valence-corrected chi connectivity index (χ3v) is 2.68. The molecule has 1 saturated heterocycles. The predicted molar refractivity (Wildman–Crippen MR) is 58.0 cm³/mol. The Morgan fingerprint density at radius 2 is 2.31 bits per heavy atom. The van der Waals surface area contributed by atoms with Gasteiger partial charge in [-0.25, -0.2) is 0 Å². The molecule has 1 aliphatic rings.